The number of alkyl halides is 6. The first-order valence-electron chi connectivity index (χ1n) is 12.1. The fraction of sp³-hybridized carbons (Fsp3) is 0.480. The zero-order valence-corrected chi connectivity index (χ0v) is 21.5. The van der Waals surface area contributed by atoms with Crippen molar-refractivity contribution in [1.29, 1.82) is 0 Å². The molecule has 2 heterocycles. The fourth-order valence-corrected chi connectivity index (χ4v) is 6.43. The van der Waals surface area contributed by atoms with Crippen molar-refractivity contribution in [3.05, 3.63) is 59.4 Å². The molecule has 2 aromatic rings. The van der Waals surface area contributed by atoms with Gasteiger partial charge in [-0.2, -0.15) is 30.6 Å². The van der Waals surface area contributed by atoms with E-state index in [1.807, 2.05) is 0 Å². The predicted octanol–water partition coefficient (Wildman–Crippen LogP) is 5.48. The summed E-state index contributed by atoms with van der Waals surface area (Å²) in [6.07, 6.45) is -8.79. The average molecular weight is 583 g/mol. The first kappa shape index (κ1) is 29.1. The van der Waals surface area contributed by atoms with E-state index < -0.39 is 50.6 Å². The van der Waals surface area contributed by atoms with Gasteiger partial charge in [0.05, 0.1) is 22.6 Å². The Labute approximate surface area is 220 Å². The molecule has 214 valence electrons. The Balaban J connectivity index is 1.32. The number of carbonyl (C=O) groups excluding carboxylic acids is 1. The third kappa shape index (κ3) is 6.01. The van der Waals surface area contributed by atoms with Crippen LogP contribution in [0.1, 0.15) is 43.7 Å². The number of ether oxygens (including phenoxy) is 1. The van der Waals surface area contributed by atoms with E-state index in [9.17, 15) is 43.9 Å². The van der Waals surface area contributed by atoms with Crippen molar-refractivity contribution in [2.45, 2.75) is 61.4 Å². The van der Waals surface area contributed by atoms with Crippen LogP contribution < -0.4 is 4.74 Å². The summed E-state index contributed by atoms with van der Waals surface area (Å²) in [5.41, 5.74) is -3.53. The van der Waals surface area contributed by atoms with Crippen molar-refractivity contribution in [3.63, 3.8) is 0 Å². The molecule has 0 radical (unpaired) electrons. The average Bonchev–Trinajstić information content (AvgIpc) is 3.40. The normalized spacial score (nSPS) is 21.3. The van der Waals surface area contributed by atoms with Crippen LogP contribution in [0.4, 0.5) is 30.7 Å². The van der Waals surface area contributed by atoms with Gasteiger partial charge in [0.25, 0.3) is 0 Å². The van der Waals surface area contributed by atoms with Crippen LogP contribution >= 0.6 is 0 Å². The molecule has 1 unspecified atom stereocenters. The molecule has 1 atom stereocenters. The summed E-state index contributed by atoms with van der Waals surface area (Å²) in [5.74, 6) is -1.82. The largest absolute Gasteiger partial charge is 0.493 e. The van der Waals surface area contributed by atoms with Gasteiger partial charge in [-0.25, -0.2) is 12.8 Å². The van der Waals surface area contributed by atoms with E-state index in [1.54, 1.807) is 11.8 Å². The van der Waals surface area contributed by atoms with Gasteiger partial charge < -0.3 is 9.64 Å². The number of rotatable bonds is 8. The Morgan fingerprint density at radius 3 is 2.26 bits per heavy atom. The molecule has 1 amide bonds. The highest BCUT2D eigenvalue weighted by Crippen LogP contribution is 2.44. The Hall–Kier alpha value is -2.87. The Kier molecular flexibility index (Phi) is 7.67. The van der Waals surface area contributed by atoms with Gasteiger partial charge in [-0.05, 0) is 69.0 Å². The Bertz CT molecular complexity index is 1340. The van der Waals surface area contributed by atoms with E-state index >= 15 is 0 Å². The number of sulfonamides is 1. The smallest absolute Gasteiger partial charge is 0.419 e. The molecule has 0 aliphatic carbocycles. The molecule has 0 bridgehead atoms. The van der Waals surface area contributed by atoms with Gasteiger partial charge in [-0.1, -0.05) is 6.07 Å². The van der Waals surface area contributed by atoms with Gasteiger partial charge in [0.15, 0.2) is 0 Å². The van der Waals surface area contributed by atoms with Crippen LogP contribution in [0, 0.1) is 5.82 Å². The molecular weight excluding hydrogens is 557 g/mol. The minimum absolute atomic E-state index is 0.0963. The number of halogens is 7. The molecule has 0 N–H and O–H groups in total. The molecule has 2 aliphatic rings. The van der Waals surface area contributed by atoms with Crippen LogP contribution in [0.5, 0.6) is 5.75 Å². The van der Waals surface area contributed by atoms with E-state index in [4.69, 9.17) is 4.74 Å². The highest BCUT2D eigenvalue weighted by Gasteiger charge is 2.60. The summed E-state index contributed by atoms with van der Waals surface area (Å²) in [5, 5.41) is 0. The fourth-order valence-electron chi connectivity index (χ4n) is 4.93. The Morgan fingerprint density at radius 1 is 1.00 bits per heavy atom. The molecule has 2 aromatic carbocycles. The molecule has 4 rings (SSSR count). The summed E-state index contributed by atoms with van der Waals surface area (Å²) >= 11 is 0. The summed E-state index contributed by atoms with van der Waals surface area (Å²) in [7, 11) is -3.90. The molecule has 2 fully saturated rings. The summed E-state index contributed by atoms with van der Waals surface area (Å²) in [6.45, 7) is 1.53. The number of nitrogens with zero attached hydrogens (tertiary/aromatic N) is 2. The first-order chi connectivity index (χ1) is 18.0. The van der Waals surface area contributed by atoms with E-state index in [0.29, 0.717) is 31.0 Å². The molecule has 2 aliphatic heterocycles. The van der Waals surface area contributed by atoms with Crippen LogP contribution in [0.2, 0.25) is 0 Å². The van der Waals surface area contributed by atoms with E-state index in [1.165, 1.54) is 16.4 Å². The van der Waals surface area contributed by atoms with Crippen molar-refractivity contribution in [2.75, 3.05) is 19.7 Å². The highest BCUT2D eigenvalue weighted by atomic mass is 32.2. The maximum atomic E-state index is 13.5. The molecule has 39 heavy (non-hydrogen) atoms. The lowest BCUT2D eigenvalue weighted by Gasteiger charge is -2.32. The monoisotopic (exact) mass is 582 g/mol. The second-order valence-electron chi connectivity index (χ2n) is 9.70. The van der Waals surface area contributed by atoms with Gasteiger partial charge in [0.2, 0.25) is 15.9 Å². The topological polar surface area (TPSA) is 66.7 Å². The van der Waals surface area contributed by atoms with Crippen molar-refractivity contribution in [2.24, 2.45) is 0 Å². The van der Waals surface area contributed by atoms with Gasteiger partial charge in [0.1, 0.15) is 17.1 Å². The standard InChI is InChI=1S/C25H25F7N2O4S/c1-23(10-3-13-38-21-14-16(24(27,28)29)6-7-20(21)25(30,31)32)22(35)34(23)18-8-11-33(12-9-18)39(36,37)19-5-2-4-17(26)15-19/h2,4-7,14-15,18H,3,8-13H2,1H3. The van der Waals surface area contributed by atoms with Crippen molar-refractivity contribution in [1.82, 2.24) is 9.21 Å². The lowest BCUT2D eigenvalue weighted by atomic mass is 10.0. The number of hydrogen-bond acceptors (Lipinski definition) is 4. The zero-order chi connectivity index (χ0) is 28.8. The van der Waals surface area contributed by atoms with Gasteiger partial charge in [-0.15, -0.1) is 0 Å². The van der Waals surface area contributed by atoms with Gasteiger partial charge >= 0.3 is 12.4 Å². The number of benzene rings is 2. The summed E-state index contributed by atoms with van der Waals surface area (Å²) < 4.78 is 124. The molecule has 0 spiro atoms. The van der Waals surface area contributed by atoms with Crippen LogP contribution in [0.25, 0.3) is 0 Å². The van der Waals surface area contributed by atoms with Crippen molar-refractivity contribution < 1.29 is 48.7 Å². The van der Waals surface area contributed by atoms with Crippen molar-refractivity contribution in [3.8, 4) is 5.75 Å². The maximum absolute atomic E-state index is 13.5. The van der Waals surface area contributed by atoms with E-state index in [2.05, 4.69) is 0 Å². The third-order valence-electron chi connectivity index (χ3n) is 7.06. The van der Waals surface area contributed by atoms with Crippen LogP contribution in [-0.2, 0) is 27.2 Å². The summed E-state index contributed by atoms with van der Waals surface area (Å²) in [4.78, 5) is 14.1. The van der Waals surface area contributed by atoms with Crippen molar-refractivity contribution >= 4 is 15.9 Å². The number of hydrogen-bond donors (Lipinski definition) is 0. The second kappa shape index (κ2) is 10.3. The lowest BCUT2D eigenvalue weighted by Crippen LogP contribution is -2.43. The third-order valence-corrected chi connectivity index (χ3v) is 8.96. The number of piperidine rings is 1. The first-order valence-corrected chi connectivity index (χ1v) is 13.5. The number of carbonyl (C=O) groups is 1. The van der Waals surface area contributed by atoms with E-state index in [-0.39, 0.29) is 49.4 Å². The quantitative estimate of drug-likeness (QED) is 0.235. The minimum atomic E-state index is -4.91. The van der Waals surface area contributed by atoms with Crippen LogP contribution in [0.15, 0.2) is 47.4 Å². The lowest BCUT2D eigenvalue weighted by molar-refractivity contribution is -0.142. The molecule has 14 heteroatoms. The maximum Gasteiger partial charge on any atom is 0.419 e. The predicted molar refractivity (Wildman–Crippen MR) is 125 cm³/mol. The van der Waals surface area contributed by atoms with Gasteiger partial charge in [0, 0.05) is 19.1 Å². The zero-order valence-electron chi connectivity index (χ0n) is 20.6. The molecule has 0 saturated carbocycles. The SMILES string of the molecule is CC1(CCCOc2cc(C(F)(F)F)ccc2C(F)(F)F)C(=O)N1C1CCN(S(=O)(=O)c2cccc(F)c2)CC1. The minimum Gasteiger partial charge on any atom is -0.493 e. The second-order valence-corrected chi connectivity index (χ2v) is 11.6. The number of amides is 1. The van der Waals surface area contributed by atoms with Crippen LogP contribution in [0.3, 0.4) is 0 Å². The summed E-state index contributed by atoms with van der Waals surface area (Å²) in [6, 6.07) is 5.39. The van der Waals surface area contributed by atoms with E-state index in [0.717, 1.165) is 12.1 Å². The molecule has 6 nitrogen and oxygen atoms in total. The highest BCUT2D eigenvalue weighted by molar-refractivity contribution is 7.89. The molecular formula is C25H25F7N2O4S. The molecule has 0 aromatic heterocycles. The molecule has 2 saturated heterocycles. The Morgan fingerprint density at radius 2 is 1.67 bits per heavy atom. The van der Waals surface area contributed by atoms with Gasteiger partial charge in [-0.3, -0.25) is 4.79 Å². The van der Waals surface area contributed by atoms with Crippen LogP contribution in [-0.4, -0.2) is 54.8 Å².